The van der Waals surface area contributed by atoms with Crippen molar-refractivity contribution >= 4 is 136 Å². The highest BCUT2D eigenvalue weighted by molar-refractivity contribution is 7.89. The fourth-order valence-corrected chi connectivity index (χ4v) is 8.65. The Balaban J connectivity index is 1.84. The quantitative estimate of drug-likeness (QED) is 0.0814. The van der Waals surface area contributed by atoms with Crippen LogP contribution >= 0.6 is 92.8 Å². The van der Waals surface area contributed by atoms with Crippen LogP contribution < -0.4 is 30.7 Å². The van der Waals surface area contributed by atoms with Crippen molar-refractivity contribution in [3.8, 4) is 11.5 Å². The largest absolute Gasteiger partial charge is 0.462 e. The third-order valence-electron chi connectivity index (χ3n) is 7.52. The van der Waals surface area contributed by atoms with Crippen molar-refractivity contribution < 1.29 is 35.9 Å². The molecule has 14 nitrogen and oxygen atoms in total. The topological polar surface area (TPSA) is 175 Å². The highest BCUT2D eigenvalue weighted by Gasteiger charge is 2.39. The number of hydrogen-bond acceptors (Lipinski definition) is 8. The van der Waals surface area contributed by atoms with Gasteiger partial charge in [-0.15, -0.1) is 0 Å². The smallest absolute Gasteiger partial charge is 0.322 e. The maximum Gasteiger partial charge on any atom is 0.322 e. The Kier molecular flexibility index (Phi) is 17.5. The van der Waals surface area contributed by atoms with Gasteiger partial charge in [0, 0.05) is 26.2 Å². The van der Waals surface area contributed by atoms with Gasteiger partial charge in [-0.05, 0) is 48.5 Å². The van der Waals surface area contributed by atoms with E-state index in [2.05, 4.69) is 21.3 Å². The van der Waals surface area contributed by atoms with Crippen LogP contribution in [0.5, 0.6) is 11.5 Å². The zero-order valence-electron chi connectivity index (χ0n) is 29.8. The molecule has 24 heteroatoms. The standard InChI is InChI=1S/C32H36Cl8N6O8S2/c1-5-45(6-2)55(49,50)19-13-15-21(33)23(17-19)41-29(47)43-27(31(35,36)37)53-25-11-9-10-12-26(25)54-28(32(38,39)40)44-30(48)42-24-18-20(14-16-22(24)34)56(51,52)46(7-3)8-4/h9-18,27-28H,5-8H2,1-4H3,(H2,41,43,47)(H2,42,44,48). The maximum absolute atomic E-state index is 13.2. The molecule has 0 fully saturated rings. The van der Waals surface area contributed by atoms with Gasteiger partial charge in [0.25, 0.3) is 0 Å². The molecule has 0 saturated heterocycles. The summed E-state index contributed by atoms with van der Waals surface area (Å²) in [5.74, 6) is -0.374. The molecule has 0 saturated carbocycles. The molecule has 56 heavy (non-hydrogen) atoms. The van der Waals surface area contributed by atoms with Crippen molar-refractivity contribution in [2.45, 2.75) is 57.5 Å². The predicted octanol–water partition coefficient (Wildman–Crippen LogP) is 8.85. The Morgan fingerprint density at radius 1 is 0.607 bits per heavy atom. The van der Waals surface area contributed by atoms with Gasteiger partial charge in [-0.25, -0.2) is 26.4 Å². The molecule has 3 aromatic carbocycles. The maximum atomic E-state index is 13.2. The number of nitrogens with one attached hydrogen (secondary N) is 4. The molecule has 2 atom stereocenters. The predicted molar refractivity (Wildman–Crippen MR) is 223 cm³/mol. The van der Waals surface area contributed by atoms with Gasteiger partial charge in [-0.1, -0.05) is 133 Å². The summed E-state index contributed by atoms with van der Waals surface area (Å²) in [4.78, 5) is 26.1. The summed E-state index contributed by atoms with van der Waals surface area (Å²) in [7, 11) is -7.83. The highest BCUT2D eigenvalue weighted by atomic mass is 35.6. The first-order valence-corrected chi connectivity index (χ1v) is 22.2. The number of nitrogens with zero attached hydrogens (tertiary/aromatic N) is 2. The summed E-state index contributed by atoms with van der Waals surface area (Å²) >= 11 is 49.6. The molecule has 0 aliphatic carbocycles. The lowest BCUT2D eigenvalue weighted by molar-refractivity contribution is 0.140. The minimum atomic E-state index is -3.91. The third kappa shape index (κ3) is 12.7. The number of ether oxygens (including phenoxy) is 2. The Bertz CT molecular complexity index is 1940. The van der Waals surface area contributed by atoms with E-state index in [1.807, 2.05) is 0 Å². The number of hydrogen-bond donors (Lipinski definition) is 4. The van der Waals surface area contributed by atoms with Crippen LogP contribution in [0.2, 0.25) is 10.0 Å². The molecule has 0 radical (unpaired) electrons. The second-order valence-corrected chi connectivity index (χ2v) is 20.6. The van der Waals surface area contributed by atoms with Crippen LogP contribution in [0.3, 0.4) is 0 Å². The molecule has 4 amide bonds. The van der Waals surface area contributed by atoms with E-state index in [4.69, 9.17) is 102 Å². The van der Waals surface area contributed by atoms with Gasteiger partial charge in [-0.2, -0.15) is 8.61 Å². The van der Waals surface area contributed by atoms with Gasteiger partial charge < -0.3 is 20.1 Å². The lowest BCUT2D eigenvalue weighted by atomic mass is 10.3. The average molecular weight is 980 g/mol. The lowest BCUT2D eigenvalue weighted by Gasteiger charge is -2.30. The molecule has 4 N–H and O–H groups in total. The minimum Gasteiger partial charge on any atom is -0.462 e. The van der Waals surface area contributed by atoms with Crippen LogP contribution in [0.15, 0.2) is 70.5 Å². The molecule has 0 aliphatic rings. The SMILES string of the molecule is CCN(CC)S(=O)(=O)c1ccc(Cl)c(NC(=O)NC(Oc2ccccc2OC(NC(=O)Nc2cc(S(=O)(=O)N(CC)CC)ccc2Cl)C(Cl)(Cl)Cl)C(Cl)(Cl)Cl)c1. The van der Waals surface area contributed by atoms with Gasteiger partial charge in [0.05, 0.1) is 31.2 Å². The van der Waals surface area contributed by atoms with E-state index >= 15 is 0 Å². The van der Waals surface area contributed by atoms with Crippen molar-refractivity contribution in [1.82, 2.24) is 19.2 Å². The summed E-state index contributed by atoms with van der Waals surface area (Å²) in [6.45, 7) is 7.54. The summed E-state index contributed by atoms with van der Waals surface area (Å²) < 4.78 is 61.7. The van der Waals surface area contributed by atoms with Gasteiger partial charge in [0.15, 0.2) is 11.5 Å². The molecule has 3 aromatic rings. The number of anilines is 2. The summed E-state index contributed by atoms with van der Waals surface area (Å²) in [5, 5.41) is 9.49. The Morgan fingerprint density at radius 2 is 0.929 bits per heavy atom. The van der Waals surface area contributed by atoms with Gasteiger partial charge in [0.1, 0.15) is 0 Å². The summed E-state index contributed by atoms with van der Waals surface area (Å²) in [6.07, 6.45) is -3.52. The van der Waals surface area contributed by atoms with E-state index in [0.29, 0.717) is 0 Å². The van der Waals surface area contributed by atoms with E-state index in [-0.39, 0.29) is 68.9 Å². The van der Waals surface area contributed by atoms with E-state index in [1.54, 1.807) is 27.7 Å². The van der Waals surface area contributed by atoms with Crippen LogP contribution in [0, 0.1) is 0 Å². The number of urea groups is 2. The van der Waals surface area contributed by atoms with Gasteiger partial charge >= 0.3 is 12.1 Å². The zero-order valence-corrected chi connectivity index (χ0v) is 37.4. The highest BCUT2D eigenvalue weighted by Crippen LogP contribution is 2.38. The second-order valence-electron chi connectivity index (χ2n) is 11.2. The van der Waals surface area contributed by atoms with Gasteiger partial charge in [0.2, 0.25) is 40.1 Å². The Morgan fingerprint density at radius 3 is 1.21 bits per heavy atom. The summed E-state index contributed by atoms with van der Waals surface area (Å²) in [5.41, 5.74) is -0.171. The van der Waals surface area contributed by atoms with Gasteiger partial charge in [-0.3, -0.25) is 10.6 Å². The van der Waals surface area contributed by atoms with E-state index < -0.39 is 52.1 Å². The molecule has 310 valence electrons. The number of halogens is 8. The number of para-hydroxylation sites is 2. The molecular weight excluding hydrogens is 944 g/mol. The van der Waals surface area contributed by atoms with Crippen LogP contribution in [0.25, 0.3) is 0 Å². The number of sulfonamides is 2. The number of alkyl halides is 6. The van der Waals surface area contributed by atoms with Crippen molar-refractivity contribution in [3.63, 3.8) is 0 Å². The van der Waals surface area contributed by atoms with Crippen LogP contribution in [-0.4, -0.2) is 83.7 Å². The van der Waals surface area contributed by atoms with E-state index in [0.717, 1.165) is 0 Å². The molecular formula is C32H36Cl8N6O8S2. The normalized spacial score (nSPS) is 13.5. The minimum absolute atomic E-state index is 0.00216. The average Bonchev–Trinajstić information content (AvgIpc) is 3.10. The molecule has 0 heterocycles. The second kappa shape index (κ2) is 20.3. The molecule has 0 aromatic heterocycles. The van der Waals surface area contributed by atoms with Crippen molar-refractivity contribution in [2.24, 2.45) is 0 Å². The van der Waals surface area contributed by atoms with Crippen LogP contribution in [-0.2, 0) is 20.0 Å². The number of rotatable bonds is 16. The van der Waals surface area contributed by atoms with E-state index in [9.17, 15) is 26.4 Å². The van der Waals surface area contributed by atoms with Crippen molar-refractivity contribution in [2.75, 3.05) is 36.8 Å². The Hall–Kier alpha value is -2.06. The van der Waals surface area contributed by atoms with Crippen LogP contribution in [0.4, 0.5) is 21.0 Å². The molecule has 0 bridgehead atoms. The number of amides is 4. The lowest BCUT2D eigenvalue weighted by Crippen LogP contribution is -2.50. The molecule has 2 unspecified atom stereocenters. The third-order valence-corrected chi connectivity index (χ3v) is 13.5. The van der Waals surface area contributed by atoms with E-state index in [1.165, 1.54) is 69.3 Å². The fraction of sp³-hybridized carbons (Fsp3) is 0.375. The summed E-state index contributed by atoms with van der Waals surface area (Å²) in [6, 6.07) is 11.1. The first kappa shape index (κ1) is 48.3. The molecule has 3 rings (SSSR count). The number of benzene rings is 3. The molecule has 0 aliphatic heterocycles. The first-order valence-electron chi connectivity index (χ1n) is 16.3. The zero-order chi connectivity index (χ0) is 42.2. The number of carbonyl (C=O) groups is 2. The van der Waals surface area contributed by atoms with Crippen LogP contribution in [0.1, 0.15) is 27.7 Å². The molecule has 0 spiro atoms. The monoisotopic (exact) mass is 976 g/mol. The van der Waals surface area contributed by atoms with Crippen molar-refractivity contribution in [3.05, 3.63) is 70.7 Å². The first-order chi connectivity index (χ1) is 26.0. The van der Waals surface area contributed by atoms with Crippen molar-refractivity contribution in [1.29, 1.82) is 0 Å². The Labute approximate surface area is 365 Å². The fourth-order valence-electron chi connectivity index (χ4n) is 4.76. The number of carbonyl (C=O) groups excluding carboxylic acids is 2.